The molecule has 0 atom stereocenters. The molecule has 0 bridgehead atoms. The van der Waals surface area contributed by atoms with Crippen LogP contribution in [0.25, 0.3) is 6.08 Å². The topological polar surface area (TPSA) is 26.0 Å². The Labute approximate surface area is 47.8 Å². The van der Waals surface area contributed by atoms with Crippen molar-refractivity contribution in [2.24, 2.45) is 0 Å². The lowest BCUT2D eigenvalue weighted by atomic mass is 10.4. The zero-order valence-corrected chi connectivity index (χ0v) is 4.72. The summed E-state index contributed by atoms with van der Waals surface area (Å²) in [6.45, 7) is 5.38. The molecule has 0 aliphatic carbocycles. The van der Waals surface area contributed by atoms with Gasteiger partial charge >= 0.3 is 0 Å². The molecule has 0 saturated heterocycles. The minimum atomic E-state index is 0.725. The third-order valence-corrected chi connectivity index (χ3v) is 0.847. The number of aromatic nitrogens is 1. The van der Waals surface area contributed by atoms with E-state index in [1.54, 1.807) is 6.08 Å². The van der Waals surface area contributed by atoms with Crippen LogP contribution >= 0.6 is 0 Å². The Kier molecular flexibility index (Phi) is 1.16. The van der Waals surface area contributed by atoms with Gasteiger partial charge in [0.25, 0.3) is 0 Å². The highest BCUT2D eigenvalue weighted by molar-refractivity contribution is 5.38. The van der Waals surface area contributed by atoms with E-state index in [9.17, 15) is 0 Å². The molecule has 0 aliphatic rings. The van der Waals surface area contributed by atoms with Crippen LogP contribution in [0.5, 0.6) is 0 Å². The molecule has 1 heterocycles. The van der Waals surface area contributed by atoms with Crippen molar-refractivity contribution in [2.75, 3.05) is 0 Å². The van der Waals surface area contributed by atoms with Gasteiger partial charge in [-0.1, -0.05) is 11.7 Å². The van der Waals surface area contributed by atoms with Crippen LogP contribution in [0, 0.1) is 6.92 Å². The van der Waals surface area contributed by atoms with Gasteiger partial charge in [-0.3, -0.25) is 0 Å². The Balaban J connectivity index is 3.00. The Morgan fingerprint density at radius 3 is 2.88 bits per heavy atom. The summed E-state index contributed by atoms with van der Waals surface area (Å²) in [5, 5.41) is 3.64. The van der Waals surface area contributed by atoms with Crippen molar-refractivity contribution < 1.29 is 4.52 Å². The van der Waals surface area contributed by atoms with Crippen LogP contribution in [0.2, 0.25) is 0 Å². The lowest BCUT2D eigenvalue weighted by Crippen LogP contribution is -1.59. The summed E-state index contributed by atoms with van der Waals surface area (Å²) in [7, 11) is 0. The number of hydrogen-bond acceptors (Lipinski definition) is 2. The molecule has 0 aliphatic heterocycles. The lowest BCUT2D eigenvalue weighted by molar-refractivity contribution is 0.408. The molecule has 1 aromatic heterocycles. The minimum absolute atomic E-state index is 0.725. The fourth-order valence-electron chi connectivity index (χ4n) is 0.479. The molecule has 0 fully saturated rings. The monoisotopic (exact) mass is 109 g/mol. The van der Waals surface area contributed by atoms with Crippen molar-refractivity contribution >= 4 is 6.08 Å². The first-order valence-corrected chi connectivity index (χ1v) is 2.38. The first-order chi connectivity index (χ1) is 3.83. The van der Waals surface area contributed by atoms with E-state index in [4.69, 9.17) is 4.52 Å². The maximum Gasteiger partial charge on any atom is 0.159 e. The van der Waals surface area contributed by atoms with Crippen LogP contribution in [-0.4, -0.2) is 5.16 Å². The quantitative estimate of drug-likeness (QED) is 0.547. The first-order valence-electron chi connectivity index (χ1n) is 2.38. The standard InChI is InChI=1S/C6H7NO/c1-3-6-4-5(2)7-8-6/h3-4H,1H2,2H3. The number of nitrogens with zero attached hydrogens (tertiary/aromatic N) is 1. The third-order valence-electron chi connectivity index (χ3n) is 0.847. The summed E-state index contributed by atoms with van der Waals surface area (Å²) in [6, 6.07) is 1.83. The molecule has 2 heteroatoms. The van der Waals surface area contributed by atoms with Gasteiger partial charge in [-0.2, -0.15) is 0 Å². The van der Waals surface area contributed by atoms with Crippen LogP contribution in [0.15, 0.2) is 17.2 Å². The van der Waals surface area contributed by atoms with Gasteiger partial charge in [-0.05, 0) is 13.0 Å². The van der Waals surface area contributed by atoms with E-state index < -0.39 is 0 Å². The number of rotatable bonds is 1. The molecule has 0 spiro atoms. The second kappa shape index (κ2) is 1.82. The second-order valence-corrected chi connectivity index (χ2v) is 1.57. The smallest absolute Gasteiger partial charge is 0.159 e. The highest BCUT2D eigenvalue weighted by Crippen LogP contribution is 2.01. The minimum Gasteiger partial charge on any atom is -0.357 e. The summed E-state index contributed by atoms with van der Waals surface area (Å²) >= 11 is 0. The SMILES string of the molecule is C=Cc1cc(C)no1. The predicted octanol–water partition coefficient (Wildman–Crippen LogP) is 1.63. The van der Waals surface area contributed by atoms with Crippen molar-refractivity contribution in [1.29, 1.82) is 0 Å². The maximum absolute atomic E-state index is 4.75. The molecular formula is C6H7NO. The molecule has 1 rings (SSSR count). The van der Waals surface area contributed by atoms with Gasteiger partial charge < -0.3 is 4.52 Å². The van der Waals surface area contributed by atoms with E-state index in [0.29, 0.717) is 0 Å². The fraction of sp³-hybridized carbons (Fsp3) is 0.167. The van der Waals surface area contributed by atoms with Crippen molar-refractivity contribution in [3.8, 4) is 0 Å². The van der Waals surface area contributed by atoms with Crippen molar-refractivity contribution in [3.05, 3.63) is 24.1 Å². The summed E-state index contributed by atoms with van der Waals surface area (Å²) in [6.07, 6.45) is 1.62. The molecule has 0 saturated carbocycles. The van der Waals surface area contributed by atoms with E-state index >= 15 is 0 Å². The van der Waals surface area contributed by atoms with Gasteiger partial charge in [0.05, 0.1) is 5.69 Å². The van der Waals surface area contributed by atoms with Crippen molar-refractivity contribution in [2.45, 2.75) is 6.92 Å². The molecule has 2 nitrogen and oxygen atoms in total. The molecule has 1 aromatic rings. The van der Waals surface area contributed by atoms with E-state index in [-0.39, 0.29) is 0 Å². The van der Waals surface area contributed by atoms with Crippen LogP contribution in [-0.2, 0) is 0 Å². The Morgan fingerprint density at radius 1 is 1.88 bits per heavy atom. The van der Waals surface area contributed by atoms with Gasteiger partial charge in [0, 0.05) is 6.07 Å². The second-order valence-electron chi connectivity index (χ2n) is 1.57. The van der Waals surface area contributed by atoms with Gasteiger partial charge in [-0.15, -0.1) is 0 Å². The normalized spacial score (nSPS) is 9.12. The van der Waals surface area contributed by atoms with E-state index in [1.165, 1.54) is 0 Å². The van der Waals surface area contributed by atoms with E-state index in [0.717, 1.165) is 11.5 Å². The van der Waals surface area contributed by atoms with Crippen LogP contribution in [0.1, 0.15) is 11.5 Å². The first kappa shape index (κ1) is 5.09. The highest BCUT2D eigenvalue weighted by atomic mass is 16.5. The van der Waals surface area contributed by atoms with E-state index in [1.807, 2.05) is 13.0 Å². The molecule has 0 aromatic carbocycles. The molecule has 0 N–H and O–H groups in total. The van der Waals surface area contributed by atoms with Crippen molar-refractivity contribution in [1.82, 2.24) is 5.16 Å². The van der Waals surface area contributed by atoms with Gasteiger partial charge in [0.15, 0.2) is 5.76 Å². The molecule has 0 amide bonds. The van der Waals surface area contributed by atoms with Gasteiger partial charge in [0.2, 0.25) is 0 Å². The summed E-state index contributed by atoms with van der Waals surface area (Å²) in [5.74, 6) is 0.725. The molecule has 42 valence electrons. The molecular weight excluding hydrogens is 102 g/mol. The number of aryl methyl sites for hydroxylation is 1. The average molecular weight is 109 g/mol. The summed E-state index contributed by atoms with van der Waals surface area (Å²) in [4.78, 5) is 0. The van der Waals surface area contributed by atoms with Crippen LogP contribution in [0.4, 0.5) is 0 Å². The third kappa shape index (κ3) is 0.780. The number of hydrogen-bond donors (Lipinski definition) is 0. The van der Waals surface area contributed by atoms with Crippen LogP contribution < -0.4 is 0 Å². The predicted molar refractivity (Wildman–Crippen MR) is 31.3 cm³/mol. The maximum atomic E-state index is 4.75. The molecule has 0 unspecified atom stereocenters. The van der Waals surface area contributed by atoms with Gasteiger partial charge in [-0.25, -0.2) is 0 Å². The largest absolute Gasteiger partial charge is 0.357 e. The highest BCUT2D eigenvalue weighted by Gasteiger charge is 1.90. The zero-order valence-electron chi connectivity index (χ0n) is 4.72. The average Bonchev–Trinajstić information content (AvgIpc) is 2.14. The van der Waals surface area contributed by atoms with E-state index in [2.05, 4.69) is 11.7 Å². The summed E-state index contributed by atoms with van der Waals surface area (Å²) in [5.41, 5.74) is 0.889. The Bertz CT molecular complexity index is 190. The fourth-order valence-corrected chi connectivity index (χ4v) is 0.479. The Morgan fingerprint density at radius 2 is 2.62 bits per heavy atom. The summed E-state index contributed by atoms with van der Waals surface area (Å²) < 4.78 is 4.75. The lowest BCUT2D eigenvalue weighted by Gasteiger charge is -1.69. The molecule has 0 radical (unpaired) electrons. The van der Waals surface area contributed by atoms with Crippen molar-refractivity contribution in [3.63, 3.8) is 0 Å². The Hall–Kier alpha value is -1.05. The van der Waals surface area contributed by atoms with Gasteiger partial charge in [0.1, 0.15) is 0 Å². The zero-order chi connectivity index (χ0) is 5.98. The molecule has 8 heavy (non-hydrogen) atoms. The van der Waals surface area contributed by atoms with Crippen LogP contribution in [0.3, 0.4) is 0 Å².